The summed E-state index contributed by atoms with van der Waals surface area (Å²) in [5.74, 6) is -1.26. The Balaban J connectivity index is 1.62. The van der Waals surface area contributed by atoms with Gasteiger partial charge in [0.05, 0.1) is 29.3 Å². The lowest BCUT2D eigenvalue weighted by Gasteiger charge is -2.36. The van der Waals surface area contributed by atoms with Gasteiger partial charge in [-0.1, -0.05) is 31.9 Å². The first kappa shape index (κ1) is 27.7. The summed E-state index contributed by atoms with van der Waals surface area (Å²) >= 11 is 0. The second-order valence-corrected chi connectivity index (χ2v) is 12.7. The average Bonchev–Trinajstić information content (AvgIpc) is 3.31. The number of aryl methyl sites for hydroxylation is 1. The van der Waals surface area contributed by atoms with Crippen molar-refractivity contribution >= 4 is 27.4 Å². The van der Waals surface area contributed by atoms with Crippen molar-refractivity contribution in [3.63, 3.8) is 0 Å². The van der Waals surface area contributed by atoms with Gasteiger partial charge in [-0.05, 0) is 50.3 Å². The van der Waals surface area contributed by atoms with E-state index in [0.717, 1.165) is 48.4 Å². The van der Waals surface area contributed by atoms with Crippen LogP contribution in [-0.2, 0) is 50.2 Å². The van der Waals surface area contributed by atoms with E-state index in [1.807, 2.05) is 0 Å². The molecule has 3 heterocycles. The number of sulfone groups is 1. The van der Waals surface area contributed by atoms with E-state index in [9.17, 15) is 28.1 Å². The Morgan fingerprint density at radius 3 is 2.45 bits per heavy atom. The number of carbonyl (C=O) groups excluding carboxylic acids is 2. The Morgan fingerprint density at radius 1 is 1.18 bits per heavy atom. The van der Waals surface area contributed by atoms with Crippen molar-refractivity contribution in [1.29, 1.82) is 0 Å². The predicted octanol–water partition coefficient (Wildman–Crippen LogP) is 2.73. The molecule has 0 aliphatic carbocycles. The van der Waals surface area contributed by atoms with Gasteiger partial charge in [0, 0.05) is 12.1 Å². The summed E-state index contributed by atoms with van der Waals surface area (Å²) < 4.78 is 32.8. The first-order chi connectivity index (χ1) is 18.0. The molecule has 0 unspecified atom stereocenters. The molecule has 0 spiro atoms. The Bertz CT molecular complexity index is 1320. The molecule has 3 atom stereocenters. The Labute approximate surface area is 221 Å². The fourth-order valence-corrected chi connectivity index (χ4v) is 7.51. The number of nitro groups is 1. The standard InChI is InChI=1S/C25H33N5O7S/c1-4-6-8-19-20(9-7-5-2)28(27-26-19)16-25(3)23(29-21(31)14-22(29)38(25,35)36)24(32)37-15-17-10-12-18(13-11-17)30(33)34/h10-13,22-23H,4-9,14-16H2,1-3H3/t22-,23-,25-/m0/s1. The van der Waals surface area contributed by atoms with E-state index >= 15 is 0 Å². The molecule has 2 saturated heterocycles. The van der Waals surface area contributed by atoms with Gasteiger partial charge in [0.1, 0.15) is 16.7 Å². The van der Waals surface area contributed by atoms with Gasteiger partial charge in [-0.3, -0.25) is 14.9 Å². The number of rotatable bonds is 12. The molecule has 2 aromatic rings. The highest BCUT2D eigenvalue weighted by Crippen LogP contribution is 2.47. The summed E-state index contributed by atoms with van der Waals surface area (Å²) in [5.41, 5.74) is 2.08. The lowest BCUT2D eigenvalue weighted by atomic mass is 9.96. The SMILES string of the molecule is CCCCc1nnn(C[C@@]2(C)[C@H](C(=O)OCc3ccc([N+](=O)[O-])cc3)N3C(=O)C[C@@H]3S2(=O)=O)c1CCCC. The van der Waals surface area contributed by atoms with Crippen LogP contribution in [-0.4, -0.2) is 61.3 Å². The van der Waals surface area contributed by atoms with Crippen LogP contribution in [0.4, 0.5) is 5.69 Å². The van der Waals surface area contributed by atoms with Gasteiger partial charge in [-0.25, -0.2) is 17.9 Å². The third-order valence-corrected chi connectivity index (χ3v) is 10.2. The van der Waals surface area contributed by atoms with Crippen LogP contribution < -0.4 is 0 Å². The monoisotopic (exact) mass is 547 g/mol. The van der Waals surface area contributed by atoms with Crippen molar-refractivity contribution < 1.29 is 27.7 Å². The first-order valence-electron chi connectivity index (χ1n) is 12.9. The quantitative estimate of drug-likeness (QED) is 0.169. The maximum atomic E-state index is 13.7. The van der Waals surface area contributed by atoms with Gasteiger partial charge < -0.3 is 9.64 Å². The molecule has 0 N–H and O–H groups in total. The molecule has 13 heteroatoms. The molecule has 38 heavy (non-hydrogen) atoms. The summed E-state index contributed by atoms with van der Waals surface area (Å²) in [6, 6.07) is 4.16. The van der Waals surface area contributed by atoms with Gasteiger partial charge in [0.25, 0.3) is 5.69 Å². The number of unbranched alkanes of at least 4 members (excludes halogenated alkanes) is 2. The number of hydrogen-bond donors (Lipinski definition) is 0. The molecule has 4 rings (SSSR count). The maximum Gasteiger partial charge on any atom is 0.330 e. The zero-order chi connectivity index (χ0) is 27.7. The van der Waals surface area contributed by atoms with Crippen molar-refractivity contribution in [3.05, 3.63) is 51.3 Å². The van der Waals surface area contributed by atoms with Crippen LogP contribution in [0.2, 0.25) is 0 Å². The van der Waals surface area contributed by atoms with E-state index in [4.69, 9.17) is 4.74 Å². The van der Waals surface area contributed by atoms with Crippen molar-refractivity contribution in [2.45, 2.75) is 95.0 Å². The fraction of sp³-hybridized carbons (Fsp3) is 0.600. The van der Waals surface area contributed by atoms with Crippen molar-refractivity contribution in [2.75, 3.05) is 0 Å². The van der Waals surface area contributed by atoms with Gasteiger partial charge in [0.15, 0.2) is 15.9 Å². The van der Waals surface area contributed by atoms with E-state index in [1.54, 1.807) is 4.68 Å². The fourth-order valence-electron chi connectivity index (χ4n) is 5.17. The number of fused-ring (bicyclic) bond motifs is 1. The normalized spacial score (nSPS) is 23.7. The minimum atomic E-state index is -3.96. The number of amides is 1. The van der Waals surface area contributed by atoms with E-state index in [1.165, 1.54) is 31.2 Å². The molecule has 2 aliphatic heterocycles. The third kappa shape index (κ3) is 4.79. The number of ether oxygens (including phenoxy) is 1. The summed E-state index contributed by atoms with van der Waals surface area (Å²) in [7, 11) is -3.96. The van der Waals surface area contributed by atoms with E-state index in [-0.39, 0.29) is 25.3 Å². The lowest BCUT2D eigenvalue weighted by Crippen LogP contribution is -2.58. The molecule has 0 bridgehead atoms. The Hall–Kier alpha value is -3.35. The topological polar surface area (TPSA) is 155 Å². The molecule has 12 nitrogen and oxygen atoms in total. The number of nitrogens with zero attached hydrogens (tertiary/aromatic N) is 5. The van der Waals surface area contributed by atoms with Crippen LogP contribution in [0.25, 0.3) is 0 Å². The highest BCUT2D eigenvalue weighted by atomic mass is 32.2. The van der Waals surface area contributed by atoms with Gasteiger partial charge in [-0.15, -0.1) is 5.10 Å². The minimum absolute atomic E-state index is 0.103. The molecule has 0 saturated carbocycles. The number of β-lactam (4-membered cyclic amide) rings is 1. The van der Waals surface area contributed by atoms with Crippen LogP contribution in [0, 0.1) is 10.1 Å². The average molecular weight is 548 g/mol. The number of carbonyl (C=O) groups is 2. The smallest absolute Gasteiger partial charge is 0.330 e. The Morgan fingerprint density at radius 2 is 1.84 bits per heavy atom. The number of benzene rings is 1. The largest absolute Gasteiger partial charge is 0.459 e. The van der Waals surface area contributed by atoms with Crippen molar-refractivity contribution in [2.24, 2.45) is 0 Å². The van der Waals surface area contributed by atoms with E-state index in [2.05, 4.69) is 24.2 Å². The molecule has 1 aromatic heterocycles. The molecule has 2 aliphatic rings. The molecule has 0 radical (unpaired) electrons. The summed E-state index contributed by atoms with van der Waals surface area (Å²) in [5, 5.41) is 18.4. The van der Waals surface area contributed by atoms with Crippen molar-refractivity contribution in [3.8, 4) is 0 Å². The van der Waals surface area contributed by atoms with Gasteiger partial charge >= 0.3 is 5.97 Å². The summed E-state index contributed by atoms with van der Waals surface area (Å²) in [6.07, 6.45) is 4.96. The molecular weight excluding hydrogens is 514 g/mol. The lowest BCUT2D eigenvalue weighted by molar-refractivity contribution is -0.384. The number of non-ortho nitro benzene ring substituents is 1. The summed E-state index contributed by atoms with van der Waals surface area (Å²) in [6.45, 7) is 5.27. The third-order valence-electron chi connectivity index (χ3n) is 7.48. The highest BCUT2D eigenvalue weighted by Gasteiger charge is 2.70. The van der Waals surface area contributed by atoms with Crippen molar-refractivity contribution in [1.82, 2.24) is 19.9 Å². The van der Waals surface area contributed by atoms with E-state index in [0.29, 0.717) is 12.0 Å². The van der Waals surface area contributed by atoms with Crippen LogP contribution in [0.3, 0.4) is 0 Å². The van der Waals surface area contributed by atoms with Crippen LogP contribution in [0.5, 0.6) is 0 Å². The zero-order valence-electron chi connectivity index (χ0n) is 21.8. The molecule has 2 fully saturated rings. The number of hydrogen-bond acceptors (Lipinski definition) is 9. The summed E-state index contributed by atoms with van der Waals surface area (Å²) in [4.78, 5) is 37.4. The first-order valence-corrected chi connectivity index (χ1v) is 14.5. The van der Waals surface area contributed by atoms with E-state index < -0.39 is 42.8 Å². The van der Waals surface area contributed by atoms with Crippen LogP contribution >= 0.6 is 0 Å². The number of nitro benzene ring substituents is 1. The zero-order valence-corrected chi connectivity index (χ0v) is 22.6. The molecular formula is C25H33N5O7S. The molecule has 1 aromatic carbocycles. The molecule has 206 valence electrons. The predicted molar refractivity (Wildman–Crippen MR) is 137 cm³/mol. The van der Waals surface area contributed by atoms with Gasteiger partial charge in [-0.2, -0.15) is 0 Å². The Kier molecular flexibility index (Phi) is 7.86. The number of esters is 1. The number of aromatic nitrogens is 3. The van der Waals surface area contributed by atoms with Gasteiger partial charge in [0.2, 0.25) is 5.91 Å². The maximum absolute atomic E-state index is 13.7. The highest BCUT2D eigenvalue weighted by molar-refractivity contribution is 7.93. The second-order valence-electron chi connectivity index (χ2n) is 10.1. The van der Waals surface area contributed by atoms with Crippen LogP contribution in [0.1, 0.15) is 69.8 Å². The second kappa shape index (κ2) is 10.8. The molecule has 1 amide bonds. The van der Waals surface area contributed by atoms with Crippen LogP contribution in [0.15, 0.2) is 24.3 Å². The minimum Gasteiger partial charge on any atom is -0.459 e.